The largest absolute Gasteiger partial charge is 0.384 e. The van der Waals surface area contributed by atoms with Gasteiger partial charge in [0.25, 0.3) is 0 Å². The van der Waals surface area contributed by atoms with Gasteiger partial charge in [0.1, 0.15) is 0 Å². The summed E-state index contributed by atoms with van der Waals surface area (Å²) in [5.41, 5.74) is 0. The van der Waals surface area contributed by atoms with Crippen molar-refractivity contribution in [3.63, 3.8) is 0 Å². The van der Waals surface area contributed by atoms with Crippen LogP contribution in [0, 0.1) is 0 Å². The Balaban J connectivity index is 0.00000196. The normalized spacial score (nSPS) is 23.5. The quantitative estimate of drug-likeness (QED) is 0.751. The van der Waals surface area contributed by atoms with Crippen LogP contribution in [-0.2, 0) is 14.8 Å². The van der Waals surface area contributed by atoms with Gasteiger partial charge in [-0.1, -0.05) is 0 Å². The Morgan fingerprint density at radius 1 is 1.53 bits per heavy atom. The summed E-state index contributed by atoms with van der Waals surface area (Å²) in [6, 6.07) is 0.0469. The van der Waals surface area contributed by atoms with E-state index < -0.39 is 10.0 Å². The lowest BCUT2D eigenvalue weighted by atomic mass is 10.3. The summed E-state index contributed by atoms with van der Waals surface area (Å²) in [5, 5.41) is 3.16. The van der Waals surface area contributed by atoms with E-state index in [1.165, 1.54) is 7.11 Å². The lowest BCUT2D eigenvalue weighted by Gasteiger charge is -2.32. The minimum absolute atomic E-state index is 0. The molecule has 0 bridgehead atoms. The highest BCUT2D eigenvalue weighted by molar-refractivity contribution is 7.89. The molecule has 1 rings (SSSR count). The van der Waals surface area contributed by atoms with E-state index in [-0.39, 0.29) is 30.8 Å². The summed E-state index contributed by atoms with van der Waals surface area (Å²) in [5.74, 6) is 0.0772. The number of nitrogens with one attached hydrogen (secondary N) is 1. The highest BCUT2D eigenvalue weighted by atomic mass is 35.5. The van der Waals surface area contributed by atoms with Crippen LogP contribution in [-0.4, -0.2) is 57.9 Å². The maximum absolute atomic E-state index is 11.8. The third-order valence-electron chi connectivity index (χ3n) is 2.34. The van der Waals surface area contributed by atoms with E-state index in [1.807, 2.05) is 6.92 Å². The summed E-state index contributed by atoms with van der Waals surface area (Å²) in [7, 11) is -1.62. The number of hydrogen-bond donors (Lipinski definition) is 1. The lowest BCUT2D eigenvalue weighted by Crippen LogP contribution is -2.53. The summed E-state index contributed by atoms with van der Waals surface area (Å²) in [4.78, 5) is 0. The van der Waals surface area contributed by atoms with Crippen molar-refractivity contribution in [2.75, 3.05) is 39.1 Å². The Bertz CT molecular complexity index is 271. The van der Waals surface area contributed by atoms with E-state index in [0.717, 1.165) is 13.1 Å². The Morgan fingerprint density at radius 3 is 2.73 bits per heavy atom. The van der Waals surface area contributed by atoms with Gasteiger partial charge >= 0.3 is 0 Å². The Morgan fingerprint density at radius 2 is 2.20 bits per heavy atom. The zero-order valence-electron chi connectivity index (χ0n) is 9.10. The summed E-state index contributed by atoms with van der Waals surface area (Å²) in [6.45, 7) is 4.20. The van der Waals surface area contributed by atoms with Crippen molar-refractivity contribution in [2.45, 2.75) is 13.0 Å². The molecule has 1 aliphatic rings. The van der Waals surface area contributed by atoms with E-state index >= 15 is 0 Å². The number of methoxy groups -OCH3 is 1. The third-order valence-corrected chi connectivity index (χ3v) is 4.28. The molecule has 0 saturated carbocycles. The molecule has 1 saturated heterocycles. The third kappa shape index (κ3) is 4.24. The molecule has 0 aromatic carbocycles. The monoisotopic (exact) mass is 258 g/mol. The lowest BCUT2D eigenvalue weighted by molar-refractivity contribution is 0.213. The van der Waals surface area contributed by atoms with Gasteiger partial charge in [0.05, 0.1) is 12.4 Å². The molecule has 1 heterocycles. The molecule has 0 aromatic rings. The Labute approximate surface area is 97.6 Å². The van der Waals surface area contributed by atoms with Crippen LogP contribution in [0.5, 0.6) is 0 Å². The first-order chi connectivity index (χ1) is 6.58. The van der Waals surface area contributed by atoms with Gasteiger partial charge < -0.3 is 10.1 Å². The number of hydrogen-bond acceptors (Lipinski definition) is 4. The summed E-state index contributed by atoms with van der Waals surface area (Å²) >= 11 is 0. The molecule has 0 aromatic heterocycles. The van der Waals surface area contributed by atoms with Crippen molar-refractivity contribution in [1.82, 2.24) is 9.62 Å². The van der Waals surface area contributed by atoms with Crippen LogP contribution in [0.1, 0.15) is 6.92 Å². The average molecular weight is 259 g/mol. The fourth-order valence-corrected chi connectivity index (χ4v) is 3.15. The van der Waals surface area contributed by atoms with Crippen molar-refractivity contribution in [1.29, 1.82) is 0 Å². The Hall–Kier alpha value is 0.120. The molecule has 0 aliphatic carbocycles. The van der Waals surface area contributed by atoms with Crippen LogP contribution in [0.3, 0.4) is 0 Å². The molecular weight excluding hydrogens is 240 g/mol. The second kappa shape index (κ2) is 6.65. The molecule has 5 nitrogen and oxygen atoms in total. The molecule has 7 heteroatoms. The number of nitrogens with zero attached hydrogens (tertiary/aromatic N) is 1. The smallest absolute Gasteiger partial charge is 0.216 e. The molecule has 1 unspecified atom stereocenters. The van der Waals surface area contributed by atoms with Crippen LogP contribution in [0.4, 0.5) is 0 Å². The zero-order chi connectivity index (χ0) is 10.6. The molecule has 0 spiro atoms. The number of halogens is 1. The van der Waals surface area contributed by atoms with Gasteiger partial charge in [-0.25, -0.2) is 8.42 Å². The molecule has 15 heavy (non-hydrogen) atoms. The van der Waals surface area contributed by atoms with Crippen molar-refractivity contribution >= 4 is 22.4 Å². The van der Waals surface area contributed by atoms with Crippen LogP contribution >= 0.6 is 12.4 Å². The van der Waals surface area contributed by atoms with Crippen LogP contribution in [0.25, 0.3) is 0 Å². The van der Waals surface area contributed by atoms with Crippen molar-refractivity contribution in [3.8, 4) is 0 Å². The molecule has 92 valence electrons. The van der Waals surface area contributed by atoms with E-state index in [2.05, 4.69) is 5.32 Å². The maximum Gasteiger partial charge on any atom is 0.216 e. The number of sulfonamides is 1. The zero-order valence-corrected chi connectivity index (χ0v) is 10.7. The molecule has 0 amide bonds. The van der Waals surface area contributed by atoms with E-state index in [0.29, 0.717) is 6.54 Å². The average Bonchev–Trinajstić information content (AvgIpc) is 2.15. The highest BCUT2D eigenvalue weighted by Gasteiger charge is 2.28. The van der Waals surface area contributed by atoms with Crippen LogP contribution < -0.4 is 5.32 Å². The Kier molecular flexibility index (Phi) is 6.70. The van der Waals surface area contributed by atoms with E-state index in [4.69, 9.17) is 4.74 Å². The van der Waals surface area contributed by atoms with Crippen molar-refractivity contribution < 1.29 is 13.2 Å². The molecule has 1 fully saturated rings. The van der Waals surface area contributed by atoms with Gasteiger partial charge in [0.2, 0.25) is 10.0 Å². The van der Waals surface area contributed by atoms with Gasteiger partial charge in [-0.2, -0.15) is 4.31 Å². The molecule has 0 radical (unpaired) electrons. The van der Waals surface area contributed by atoms with Crippen molar-refractivity contribution in [2.24, 2.45) is 0 Å². The molecule has 1 aliphatic heterocycles. The summed E-state index contributed by atoms with van der Waals surface area (Å²) < 4.78 is 29.9. The van der Waals surface area contributed by atoms with E-state index in [1.54, 1.807) is 4.31 Å². The maximum atomic E-state index is 11.8. The van der Waals surface area contributed by atoms with E-state index in [9.17, 15) is 8.42 Å². The number of ether oxygens (including phenoxy) is 1. The van der Waals surface area contributed by atoms with Crippen LogP contribution in [0.15, 0.2) is 0 Å². The molecular formula is C8H19ClN2O3S. The van der Waals surface area contributed by atoms with Gasteiger partial charge in [-0.3, -0.25) is 0 Å². The minimum Gasteiger partial charge on any atom is -0.384 e. The SMILES string of the molecule is COCCS(=O)(=O)N1CCNCC1C.Cl. The topological polar surface area (TPSA) is 58.6 Å². The fraction of sp³-hybridized carbons (Fsp3) is 1.00. The fourth-order valence-electron chi connectivity index (χ4n) is 1.54. The standard InChI is InChI=1S/C8H18N2O3S.ClH/c1-8-7-9-3-4-10(8)14(11,12)6-5-13-2;/h8-9H,3-7H2,1-2H3;1H. The highest BCUT2D eigenvalue weighted by Crippen LogP contribution is 2.09. The predicted molar refractivity (Wildman–Crippen MR) is 61.9 cm³/mol. The van der Waals surface area contributed by atoms with Gasteiger partial charge in [0, 0.05) is 32.8 Å². The number of piperazine rings is 1. The first kappa shape index (κ1) is 15.1. The predicted octanol–water partition coefficient (Wildman–Crippen LogP) is -0.322. The molecule has 1 atom stereocenters. The minimum atomic E-state index is -3.13. The van der Waals surface area contributed by atoms with Crippen LogP contribution in [0.2, 0.25) is 0 Å². The first-order valence-electron chi connectivity index (χ1n) is 4.77. The second-order valence-corrected chi connectivity index (χ2v) is 5.51. The first-order valence-corrected chi connectivity index (χ1v) is 6.38. The van der Waals surface area contributed by atoms with Crippen molar-refractivity contribution in [3.05, 3.63) is 0 Å². The van der Waals surface area contributed by atoms with Gasteiger partial charge in [-0.05, 0) is 6.92 Å². The van der Waals surface area contributed by atoms with Gasteiger partial charge in [-0.15, -0.1) is 12.4 Å². The second-order valence-electron chi connectivity index (χ2n) is 3.47. The summed E-state index contributed by atoms with van der Waals surface area (Å²) in [6.07, 6.45) is 0. The number of rotatable bonds is 4. The molecule has 1 N–H and O–H groups in total. The van der Waals surface area contributed by atoms with Gasteiger partial charge in [0.15, 0.2) is 0 Å².